The third-order valence-electron chi connectivity index (χ3n) is 3.72. The number of rotatable bonds is 1. The van der Waals surface area contributed by atoms with E-state index in [1.54, 1.807) is 0 Å². The van der Waals surface area contributed by atoms with E-state index in [4.69, 9.17) is 5.73 Å². The van der Waals surface area contributed by atoms with E-state index in [-0.39, 0.29) is 12.0 Å². The maximum absolute atomic E-state index is 11.7. The van der Waals surface area contributed by atoms with Crippen molar-refractivity contribution in [3.8, 4) is 0 Å². The highest BCUT2D eigenvalue weighted by Crippen LogP contribution is 2.31. The molecule has 2 N–H and O–H groups in total. The molecule has 0 spiro atoms. The summed E-state index contributed by atoms with van der Waals surface area (Å²) in [7, 11) is 0. The summed E-state index contributed by atoms with van der Waals surface area (Å²) in [6, 6.07) is 10.4. The van der Waals surface area contributed by atoms with Gasteiger partial charge in [-0.25, -0.2) is 0 Å². The van der Waals surface area contributed by atoms with Crippen molar-refractivity contribution in [2.45, 2.75) is 38.1 Å². The molecule has 3 atom stereocenters. The van der Waals surface area contributed by atoms with E-state index < -0.39 is 0 Å². The summed E-state index contributed by atoms with van der Waals surface area (Å²) in [5.41, 5.74) is 7.39. The van der Waals surface area contributed by atoms with Gasteiger partial charge in [0.05, 0.1) is 0 Å². The van der Waals surface area contributed by atoms with Crippen molar-refractivity contribution in [3.63, 3.8) is 0 Å². The first-order valence-electron chi connectivity index (χ1n) is 6.01. The van der Waals surface area contributed by atoms with Crippen LogP contribution in [0.2, 0.25) is 0 Å². The maximum Gasteiger partial charge on any atom is 0.137 e. The van der Waals surface area contributed by atoms with E-state index in [1.165, 1.54) is 5.56 Å². The van der Waals surface area contributed by atoms with Crippen LogP contribution in [0, 0.1) is 5.92 Å². The highest BCUT2D eigenvalue weighted by molar-refractivity contribution is 5.81. The fourth-order valence-corrected chi connectivity index (χ4v) is 2.46. The summed E-state index contributed by atoms with van der Waals surface area (Å²) < 4.78 is 0. The van der Waals surface area contributed by atoms with Crippen LogP contribution in [-0.2, 0) is 4.79 Å². The van der Waals surface area contributed by atoms with Crippen LogP contribution in [0.4, 0.5) is 0 Å². The molecule has 2 nitrogen and oxygen atoms in total. The number of Topliss-reactive ketones (excluding diaryl/α,β-unsaturated/α-hetero) is 1. The number of benzene rings is 1. The summed E-state index contributed by atoms with van der Waals surface area (Å²) in [6.07, 6.45) is 2.55. The van der Waals surface area contributed by atoms with Gasteiger partial charge in [-0.3, -0.25) is 4.79 Å². The van der Waals surface area contributed by atoms with Crippen LogP contribution in [0.3, 0.4) is 0 Å². The fraction of sp³-hybridized carbons (Fsp3) is 0.500. The predicted molar refractivity (Wildman–Crippen MR) is 65.2 cm³/mol. The van der Waals surface area contributed by atoms with Gasteiger partial charge in [-0.2, -0.15) is 0 Å². The zero-order valence-electron chi connectivity index (χ0n) is 9.73. The first kappa shape index (κ1) is 11.3. The summed E-state index contributed by atoms with van der Waals surface area (Å²) >= 11 is 0. The standard InChI is InChI=1S/C14H19NO/c1-10-13(15)9-12(7-8-14(10)16)11-5-3-2-4-6-11/h2-6,10,12-13H,7-9,15H2,1H3/t10?,12-,13?/m1/s1. The topological polar surface area (TPSA) is 43.1 Å². The Labute approximate surface area is 96.8 Å². The second-order valence-electron chi connectivity index (χ2n) is 4.80. The van der Waals surface area contributed by atoms with Gasteiger partial charge < -0.3 is 5.73 Å². The normalized spacial score (nSPS) is 31.1. The lowest BCUT2D eigenvalue weighted by Crippen LogP contribution is -2.32. The molecule has 1 aromatic rings. The molecular formula is C14H19NO. The molecule has 2 heteroatoms. The monoisotopic (exact) mass is 217 g/mol. The van der Waals surface area contributed by atoms with E-state index in [0.717, 1.165) is 12.8 Å². The van der Waals surface area contributed by atoms with Gasteiger partial charge in [0.1, 0.15) is 5.78 Å². The Morgan fingerprint density at radius 1 is 1.25 bits per heavy atom. The molecule has 0 aliphatic heterocycles. The minimum atomic E-state index is 0.0141. The number of ketones is 1. The molecule has 1 fully saturated rings. The summed E-state index contributed by atoms with van der Waals surface area (Å²) in [5.74, 6) is 0.796. The minimum absolute atomic E-state index is 0.0141. The van der Waals surface area contributed by atoms with Crippen LogP contribution < -0.4 is 5.73 Å². The van der Waals surface area contributed by atoms with Crippen molar-refractivity contribution in [3.05, 3.63) is 35.9 Å². The second-order valence-corrected chi connectivity index (χ2v) is 4.80. The molecule has 0 heterocycles. The van der Waals surface area contributed by atoms with E-state index in [1.807, 2.05) is 13.0 Å². The number of hydrogen-bond acceptors (Lipinski definition) is 2. The number of nitrogens with two attached hydrogens (primary N) is 1. The Balaban J connectivity index is 2.16. The molecule has 0 saturated heterocycles. The highest BCUT2D eigenvalue weighted by atomic mass is 16.1. The first-order valence-corrected chi connectivity index (χ1v) is 6.01. The van der Waals surface area contributed by atoms with Gasteiger partial charge in [0, 0.05) is 18.4 Å². The number of hydrogen-bond donors (Lipinski definition) is 1. The zero-order chi connectivity index (χ0) is 11.5. The van der Waals surface area contributed by atoms with Gasteiger partial charge in [0.15, 0.2) is 0 Å². The molecule has 0 bridgehead atoms. The van der Waals surface area contributed by atoms with Crippen LogP contribution in [0.15, 0.2) is 30.3 Å². The third kappa shape index (κ3) is 2.33. The Morgan fingerprint density at radius 3 is 2.62 bits per heavy atom. The molecular weight excluding hydrogens is 198 g/mol. The van der Waals surface area contributed by atoms with Crippen LogP contribution in [-0.4, -0.2) is 11.8 Å². The molecule has 86 valence electrons. The van der Waals surface area contributed by atoms with Crippen molar-refractivity contribution in [1.29, 1.82) is 0 Å². The molecule has 0 radical (unpaired) electrons. The Hall–Kier alpha value is -1.15. The quantitative estimate of drug-likeness (QED) is 0.734. The van der Waals surface area contributed by atoms with Crippen molar-refractivity contribution >= 4 is 5.78 Å². The SMILES string of the molecule is CC1C(=O)CC[C@@H](c2ccccc2)CC1N. The average Bonchev–Trinajstić information content (AvgIpc) is 2.44. The third-order valence-corrected chi connectivity index (χ3v) is 3.72. The Bertz CT molecular complexity index is 360. The Kier molecular flexibility index (Phi) is 3.39. The zero-order valence-corrected chi connectivity index (χ0v) is 9.73. The Morgan fingerprint density at radius 2 is 1.94 bits per heavy atom. The lowest BCUT2D eigenvalue weighted by atomic mass is 9.89. The van der Waals surface area contributed by atoms with Crippen LogP contribution >= 0.6 is 0 Å². The molecule has 0 amide bonds. The van der Waals surface area contributed by atoms with Gasteiger partial charge in [0.25, 0.3) is 0 Å². The molecule has 0 aromatic heterocycles. The van der Waals surface area contributed by atoms with E-state index in [0.29, 0.717) is 18.1 Å². The highest BCUT2D eigenvalue weighted by Gasteiger charge is 2.28. The van der Waals surface area contributed by atoms with Crippen LogP contribution in [0.1, 0.15) is 37.7 Å². The maximum atomic E-state index is 11.7. The van der Waals surface area contributed by atoms with E-state index in [2.05, 4.69) is 24.3 Å². The fourth-order valence-electron chi connectivity index (χ4n) is 2.46. The van der Waals surface area contributed by atoms with Crippen molar-refractivity contribution in [2.75, 3.05) is 0 Å². The van der Waals surface area contributed by atoms with Crippen molar-refractivity contribution in [1.82, 2.24) is 0 Å². The van der Waals surface area contributed by atoms with Crippen molar-refractivity contribution < 1.29 is 4.79 Å². The first-order chi connectivity index (χ1) is 7.68. The summed E-state index contributed by atoms with van der Waals surface area (Å²) in [6.45, 7) is 1.96. The van der Waals surface area contributed by atoms with Gasteiger partial charge >= 0.3 is 0 Å². The number of carbonyl (C=O) groups is 1. The molecule has 1 aliphatic rings. The molecule has 1 aliphatic carbocycles. The van der Waals surface area contributed by atoms with Crippen LogP contribution in [0.25, 0.3) is 0 Å². The summed E-state index contributed by atoms with van der Waals surface area (Å²) in [4.78, 5) is 11.7. The van der Waals surface area contributed by atoms with Crippen molar-refractivity contribution in [2.24, 2.45) is 11.7 Å². The van der Waals surface area contributed by atoms with Gasteiger partial charge in [-0.15, -0.1) is 0 Å². The summed E-state index contributed by atoms with van der Waals surface area (Å²) in [5, 5.41) is 0. The minimum Gasteiger partial charge on any atom is -0.327 e. The molecule has 2 unspecified atom stereocenters. The lowest BCUT2D eigenvalue weighted by molar-refractivity contribution is -0.122. The second kappa shape index (κ2) is 4.79. The van der Waals surface area contributed by atoms with E-state index in [9.17, 15) is 4.79 Å². The van der Waals surface area contributed by atoms with E-state index >= 15 is 0 Å². The average molecular weight is 217 g/mol. The molecule has 1 aromatic carbocycles. The predicted octanol–water partition coefficient (Wildman–Crippen LogP) is 2.49. The van der Waals surface area contributed by atoms with Crippen LogP contribution in [0.5, 0.6) is 0 Å². The van der Waals surface area contributed by atoms with Gasteiger partial charge in [-0.05, 0) is 24.3 Å². The molecule has 2 rings (SSSR count). The number of carbonyl (C=O) groups excluding carboxylic acids is 1. The largest absolute Gasteiger partial charge is 0.327 e. The van der Waals surface area contributed by atoms with Gasteiger partial charge in [0.2, 0.25) is 0 Å². The molecule has 1 saturated carbocycles. The molecule has 16 heavy (non-hydrogen) atoms. The smallest absolute Gasteiger partial charge is 0.137 e. The lowest BCUT2D eigenvalue weighted by Gasteiger charge is -2.19. The van der Waals surface area contributed by atoms with Gasteiger partial charge in [-0.1, -0.05) is 37.3 Å².